The zero-order chi connectivity index (χ0) is 13.8. The van der Waals surface area contributed by atoms with Gasteiger partial charge in [-0.05, 0) is 34.1 Å². The quantitative estimate of drug-likeness (QED) is 0.878. The molecule has 0 fully saturated rings. The number of benzene rings is 1. The topological polar surface area (TPSA) is 46.9 Å². The standard InChI is InChI=1S/C13H13Br2N3O/c1-18-7-6-16-12(18)4-5-17-13(19)10-3-2-9(14)8-11(10)15/h2-3,6-8H,4-5H2,1H3,(H,17,19). The first-order valence-corrected chi connectivity index (χ1v) is 7.36. The second-order valence-corrected chi connectivity index (χ2v) is 5.85. The zero-order valence-electron chi connectivity index (χ0n) is 10.4. The number of halogens is 2. The SMILES string of the molecule is Cn1ccnc1CCNC(=O)c1ccc(Br)cc1Br. The van der Waals surface area contributed by atoms with Gasteiger partial charge in [-0.15, -0.1) is 0 Å². The summed E-state index contributed by atoms with van der Waals surface area (Å²) < 4.78 is 3.65. The highest BCUT2D eigenvalue weighted by molar-refractivity contribution is 9.11. The summed E-state index contributed by atoms with van der Waals surface area (Å²) in [5, 5.41) is 2.89. The maximum absolute atomic E-state index is 12.0. The van der Waals surface area contributed by atoms with Gasteiger partial charge in [0.2, 0.25) is 0 Å². The average Bonchev–Trinajstić information content (AvgIpc) is 2.75. The van der Waals surface area contributed by atoms with Gasteiger partial charge in [0.15, 0.2) is 0 Å². The van der Waals surface area contributed by atoms with Gasteiger partial charge >= 0.3 is 0 Å². The summed E-state index contributed by atoms with van der Waals surface area (Å²) in [6.07, 6.45) is 4.36. The molecule has 1 aromatic carbocycles. The maximum Gasteiger partial charge on any atom is 0.252 e. The van der Waals surface area contributed by atoms with E-state index in [4.69, 9.17) is 0 Å². The lowest BCUT2D eigenvalue weighted by Gasteiger charge is -2.07. The van der Waals surface area contributed by atoms with Crippen LogP contribution in [0.3, 0.4) is 0 Å². The molecule has 0 bridgehead atoms. The summed E-state index contributed by atoms with van der Waals surface area (Å²) in [6, 6.07) is 5.48. The van der Waals surface area contributed by atoms with E-state index in [2.05, 4.69) is 42.2 Å². The van der Waals surface area contributed by atoms with Crippen LogP contribution in [-0.2, 0) is 13.5 Å². The first-order valence-electron chi connectivity index (χ1n) is 5.77. The Hall–Kier alpha value is -1.14. The third kappa shape index (κ3) is 3.67. The molecule has 2 aromatic rings. The van der Waals surface area contributed by atoms with Gasteiger partial charge in [-0.1, -0.05) is 15.9 Å². The largest absolute Gasteiger partial charge is 0.352 e. The number of rotatable bonds is 4. The van der Waals surface area contributed by atoms with Crippen molar-refractivity contribution in [2.75, 3.05) is 6.54 Å². The van der Waals surface area contributed by atoms with Crippen LogP contribution in [0.15, 0.2) is 39.5 Å². The van der Waals surface area contributed by atoms with Crippen molar-refractivity contribution >= 4 is 37.8 Å². The molecule has 0 aliphatic rings. The number of hydrogen-bond acceptors (Lipinski definition) is 2. The van der Waals surface area contributed by atoms with Gasteiger partial charge in [-0.2, -0.15) is 0 Å². The molecule has 100 valence electrons. The number of carbonyl (C=O) groups is 1. The molecule has 1 amide bonds. The Balaban J connectivity index is 1.93. The molecule has 0 spiro atoms. The molecule has 0 saturated carbocycles. The number of amides is 1. The van der Waals surface area contributed by atoms with Crippen LogP contribution >= 0.6 is 31.9 Å². The highest BCUT2D eigenvalue weighted by atomic mass is 79.9. The van der Waals surface area contributed by atoms with E-state index in [0.29, 0.717) is 18.5 Å². The lowest BCUT2D eigenvalue weighted by Crippen LogP contribution is -2.26. The van der Waals surface area contributed by atoms with Gasteiger partial charge in [0, 0.05) is 41.4 Å². The van der Waals surface area contributed by atoms with Crippen molar-refractivity contribution in [2.45, 2.75) is 6.42 Å². The van der Waals surface area contributed by atoms with E-state index in [0.717, 1.165) is 14.8 Å². The van der Waals surface area contributed by atoms with Crippen LogP contribution in [-0.4, -0.2) is 22.0 Å². The third-order valence-electron chi connectivity index (χ3n) is 2.73. The van der Waals surface area contributed by atoms with Gasteiger partial charge in [0.05, 0.1) is 5.56 Å². The summed E-state index contributed by atoms with van der Waals surface area (Å²) in [6.45, 7) is 0.562. The Morgan fingerprint density at radius 3 is 2.84 bits per heavy atom. The van der Waals surface area contributed by atoms with Gasteiger partial charge in [-0.3, -0.25) is 4.79 Å². The molecule has 0 aliphatic carbocycles. The summed E-state index contributed by atoms with van der Waals surface area (Å²) in [5.74, 6) is 0.865. The molecule has 0 unspecified atom stereocenters. The van der Waals surface area contributed by atoms with Gasteiger partial charge < -0.3 is 9.88 Å². The minimum absolute atomic E-state index is 0.0893. The number of aryl methyl sites for hydroxylation is 1. The minimum atomic E-state index is -0.0893. The van der Waals surface area contributed by atoms with Crippen LogP contribution in [0, 0.1) is 0 Å². The van der Waals surface area contributed by atoms with Gasteiger partial charge in [0.1, 0.15) is 5.82 Å². The molecule has 1 N–H and O–H groups in total. The fraction of sp³-hybridized carbons (Fsp3) is 0.231. The van der Waals surface area contributed by atoms with E-state index in [1.807, 2.05) is 29.9 Å². The van der Waals surface area contributed by atoms with Crippen LogP contribution in [0.4, 0.5) is 0 Å². The number of nitrogens with one attached hydrogen (secondary N) is 1. The maximum atomic E-state index is 12.0. The number of imidazole rings is 1. The van der Waals surface area contributed by atoms with E-state index in [1.54, 1.807) is 12.3 Å². The van der Waals surface area contributed by atoms with Crippen molar-refractivity contribution in [3.8, 4) is 0 Å². The first kappa shape index (κ1) is 14.3. The lowest BCUT2D eigenvalue weighted by molar-refractivity contribution is 0.0953. The molecule has 19 heavy (non-hydrogen) atoms. The molecule has 6 heteroatoms. The molecule has 0 atom stereocenters. The smallest absolute Gasteiger partial charge is 0.252 e. The highest BCUT2D eigenvalue weighted by Crippen LogP contribution is 2.21. The second kappa shape index (κ2) is 6.34. The molecule has 1 aromatic heterocycles. The fourth-order valence-corrected chi connectivity index (χ4v) is 2.92. The minimum Gasteiger partial charge on any atom is -0.352 e. The first-order chi connectivity index (χ1) is 9.08. The number of hydrogen-bond donors (Lipinski definition) is 1. The van der Waals surface area contributed by atoms with Crippen LogP contribution < -0.4 is 5.32 Å². The number of nitrogens with zero attached hydrogens (tertiary/aromatic N) is 2. The van der Waals surface area contributed by atoms with Crippen LogP contribution in [0.25, 0.3) is 0 Å². The van der Waals surface area contributed by atoms with E-state index < -0.39 is 0 Å². The molecule has 0 saturated heterocycles. The summed E-state index contributed by atoms with van der Waals surface area (Å²) in [5.41, 5.74) is 0.628. The molecule has 1 heterocycles. The molecule has 2 rings (SSSR count). The molecular formula is C13H13Br2N3O. The molecular weight excluding hydrogens is 374 g/mol. The Morgan fingerprint density at radius 1 is 1.42 bits per heavy atom. The van der Waals surface area contributed by atoms with E-state index in [1.165, 1.54) is 0 Å². The van der Waals surface area contributed by atoms with Crippen LogP contribution in [0.1, 0.15) is 16.2 Å². The lowest BCUT2D eigenvalue weighted by atomic mass is 10.2. The van der Waals surface area contributed by atoms with Crippen molar-refractivity contribution in [2.24, 2.45) is 7.05 Å². The van der Waals surface area contributed by atoms with E-state index >= 15 is 0 Å². The summed E-state index contributed by atoms with van der Waals surface area (Å²) >= 11 is 6.74. The van der Waals surface area contributed by atoms with Crippen molar-refractivity contribution in [3.05, 3.63) is 50.9 Å². The van der Waals surface area contributed by atoms with Gasteiger partial charge in [-0.25, -0.2) is 4.98 Å². The van der Waals surface area contributed by atoms with Crippen LogP contribution in [0.5, 0.6) is 0 Å². The Morgan fingerprint density at radius 2 is 2.21 bits per heavy atom. The Labute approximate surface area is 128 Å². The molecule has 4 nitrogen and oxygen atoms in total. The normalized spacial score (nSPS) is 10.5. The predicted octanol–water partition coefficient (Wildman–Crippen LogP) is 2.92. The highest BCUT2D eigenvalue weighted by Gasteiger charge is 2.10. The summed E-state index contributed by atoms with van der Waals surface area (Å²) in [7, 11) is 1.94. The fourth-order valence-electron chi connectivity index (χ4n) is 1.69. The van der Waals surface area contributed by atoms with E-state index in [-0.39, 0.29) is 5.91 Å². The predicted molar refractivity (Wildman–Crippen MR) is 81.1 cm³/mol. The second-order valence-electron chi connectivity index (χ2n) is 4.08. The number of aromatic nitrogens is 2. The number of carbonyl (C=O) groups excluding carboxylic acids is 1. The average molecular weight is 387 g/mol. The Kier molecular flexibility index (Phi) is 4.76. The molecule has 0 radical (unpaired) electrons. The van der Waals surface area contributed by atoms with Crippen molar-refractivity contribution in [3.63, 3.8) is 0 Å². The van der Waals surface area contributed by atoms with Crippen molar-refractivity contribution in [1.29, 1.82) is 0 Å². The monoisotopic (exact) mass is 385 g/mol. The molecule has 0 aliphatic heterocycles. The third-order valence-corrected chi connectivity index (χ3v) is 3.88. The summed E-state index contributed by atoms with van der Waals surface area (Å²) in [4.78, 5) is 16.2. The Bertz CT molecular complexity index is 595. The van der Waals surface area contributed by atoms with Crippen LogP contribution in [0.2, 0.25) is 0 Å². The van der Waals surface area contributed by atoms with Crippen molar-refractivity contribution in [1.82, 2.24) is 14.9 Å². The van der Waals surface area contributed by atoms with E-state index in [9.17, 15) is 4.79 Å². The van der Waals surface area contributed by atoms with Crippen molar-refractivity contribution < 1.29 is 4.79 Å². The van der Waals surface area contributed by atoms with Gasteiger partial charge in [0.25, 0.3) is 5.91 Å². The zero-order valence-corrected chi connectivity index (χ0v) is 13.5.